The van der Waals surface area contributed by atoms with E-state index in [1.54, 1.807) is 24.3 Å². The molecule has 0 spiro atoms. The van der Waals surface area contributed by atoms with Crippen molar-refractivity contribution in [2.45, 2.75) is 39.2 Å². The number of benzene rings is 2. The van der Waals surface area contributed by atoms with Crippen LogP contribution < -0.4 is 14.2 Å². The fourth-order valence-corrected chi connectivity index (χ4v) is 4.33. The molecule has 7 nitrogen and oxygen atoms in total. The summed E-state index contributed by atoms with van der Waals surface area (Å²) in [4.78, 5) is 27.8. The molecule has 0 radical (unpaired) electrons. The maximum absolute atomic E-state index is 13.2. The molecule has 0 bridgehead atoms. The highest BCUT2D eigenvalue weighted by Crippen LogP contribution is 2.43. The Hall–Kier alpha value is -3.19. The monoisotopic (exact) mass is 487 g/mol. The van der Waals surface area contributed by atoms with E-state index in [-0.39, 0.29) is 27.7 Å². The average Bonchev–Trinajstić information content (AvgIpc) is 3.09. The second kappa shape index (κ2) is 11.3. The number of carbonyl (C=O) groups is 2. The predicted octanol–water partition coefficient (Wildman–Crippen LogP) is 5.37. The van der Waals surface area contributed by atoms with E-state index in [9.17, 15) is 14.7 Å². The van der Waals surface area contributed by atoms with Crippen LogP contribution >= 0.6 is 11.6 Å². The number of amides is 1. The number of unbranched alkanes of at least 4 members (excludes halogenated alkanes) is 2. The molecular weight excluding hydrogens is 458 g/mol. The number of methoxy groups -OCH3 is 2. The van der Waals surface area contributed by atoms with Gasteiger partial charge in [-0.3, -0.25) is 9.59 Å². The minimum Gasteiger partial charge on any atom is -0.507 e. The average molecular weight is 488 g/mol. The summed E-state index contributed by atoms with van der Waals surface area (Å²) in [7, 11) is 2.90. The van der Waals surface area contributed by atoms with Crippen LogP contribution in [0.25, 0.3) is 5.76 Å². The first-order chi connectivity index (χ1) is 16.4. The third-order valence-corrected chi connectivity index (χ3v) is 6.07. The van der Waals surface area contributed by atoms with E-state index < -0.39 is 17.7 Å². The molecule has 0 aromatic heterocycles. The number of ether oxygens (including phenoxy) is 3. The molecule has 8 heteroatoms. The Balaban J connectivity index is 2.17. The van der Waals surface area contributed by atoms with Gasteiger partial charge in [-0.15, -0.1) is 0 Å². The summed E-state index contributed by atoms with van der Waals surface area (Å²) in [6.45, 7) is 4.88. The van der Waals surface area contributed by atoms with Crippen molar-refractivity contribution in [2.24, 2.45) is 0 Å². The largest absolute Gasteiger partial charge is 0.507 e. The first-order valence-corrected chi connectivity index (χ1v) is 11.7. The number of aliphatic hydroxyl groups excluding tert-OH is 1. The number of rotatable bonds is 10. The lowest BCUT2D eigenvalue weighted by Gasteiger charge is -2.25. The first-order valence-electron chi connectivity index (χ1n) is 11.3. The Labute approximate surface area is 204 Å². The summed E-state index contributed by atoms with van der Waals surface area (Å²) < 4.78 is 16.2. The van der Waals surface area contributed by atoms with Crippen LogP contribution in [0.2, 0.25) is 5.02 Å². The van der Waals surface area contributed by atoms with Crippen molar-refractivity contribution in [1.29, 1.82) is 0 Å². The molecule has 34 heavy (non-hydrogen) atoms. The molecule has 1 aliphatic heterocycles. The maximum Gasteiger partial charge on any atom is 0.295 e. The molecule has 1 heterocycles. The number of likely N-dealkylation sites (tertiary alicyclic amines) is 1. The minimum atomic E-state index is -0.752. The molecule has 1 unspecified atom stereocenters. The van der Waals surface area contributed by atoms with Crippen molar-refractivity contribution in [3.63, 3.8) is 0 Å². The number of nitrogens with zero attached hydrogens (tertiary/aromatic N) is 1. The highest BCUT2D eigenvalue weighted by Gasteiger charge is 2.46. The molecule has 0 aliphatic carbocycles. The molecule has 3 rings (SSSR count). The Kier molecular flexibility index (Phi) is 8.45. The summed E-state index contributed by atoms with van der Waals surface area (Å²) in [6.07, 6.45) is 2.63. The smallest absolute Gasteiger partial charge is 0.295 e. The van der Waals surface area contributed by atoms with Gasteiger partial charge in [-0.25, -0.2) is 0 Å². The van der Waals surface area contributed by atoms with Crippen molar-refractivity contribution in [3.05, 3.63) is 58.1 Å². The summed E-state index contributed by atoms with van der Waals surface area (Å²) in [5.74, 6) is -0.439. The summed E-state index contributed by atoms with van der Waals surface area (Å²) in [6, 6.07) is 9.43. The quantitative estimate of drug-likeness (QED) is 0.210. The van der Waals surface area contributed by atoms with Crippen molar-refractivity contribution in [2.75, 3.05) is 27.4 Å². The summed E-state index contributed by atoms with van der Waals surface area (Å²) in [5.41, 5.74) is 0.889. The molecule has 1 amide bonds. The van der Waals surface area contributed by atoms with Gasteiger partial charge in [0.1, 0.15) is 23.0 Å². The van der Waals surface area contributed by atoms with Gasteiger partial charge < -0.3 is 24.2 Å². The Bertz CT molecular complexity index is 1080. The number of carbonyl (C=O) groups excluding carboxylic acids is 2. The zero-order valence-corrected chi connectivity index (χ0v) is 20.6. The second-order valence-electron chi connectivity index (χ2n) is 7.89. The second-order valence-corrected chi connectivity index (χ2v) is 8.30. The van der Waals surface area contributed by atoms with Crippen LogP contribution in [0.15, 0.2) is 42.0 Å². The van der Waals surface area contributed by atoms with Gasteiger partial charge in [0.05, 0.1) is 43.0 Å². The van der Waals surface area contributed by atoms with Gasteiger partial charge in [-0.2, -0.15) is 0 Å². The van der Waals surface area contributed by atoms with Crippen molar-refractivity contribution in [1.82, 2.24) is 4.90 Å². The van der Waals surface area contributed by atoms with E-state index >= 15 is 0 Å². The Morgan fingerprint density at radius 2 is 1.71 bits per heavy atom. The van der Waals surface area contributed by atoms with Crippen molar-refractivity contribution in [3.8, 4) is 17.2 Å². The van der Waals surface area contributed by atoms with Gasteiger partial charge in [0.15, 0.2) is 0 Å². The lowest BCUT2D eigenvalue weighted by molar-refractivity contribution is -0.139. The number of aliphatic hydroxyl groups is 1. The third kappa shape index (κ3) is 4.99. The number of Topliss-reactive ketones (excluding diaryl/α,β-unsaturated/α-hetero) is 1. The molecule has 1 N–H and O–H groups in total. The fourth-order valence-electron chi connectivity index (χ4n) is 4.09. The Morgan fingerprint density at radius 3 is 2.29 bits per heavy atom. The number of ketones is 1. The topological polar surface area (TPSA) is 85.3 Å². The lowest BCUT2D eigenvalue weighted by Crippen LogP contribution is -2.30. The summed E-state index contributed by atoms with van der Waals surface area (Å²) >= 11 is 6.30. The van der Waals surface area contributed by atoms with Crippen LogP contribution in [-0.4, -0.2) is 49.1 Å². The van der Waals surface area contributed by atoms with Gasteiger partial charge in [0.2, 0.25) is 0 Å². The zero-order chi connectivity index (χ0) is 24.8. The van der Waals surface area contributed by atoms with Gasteiger partial charge >= 0.3 is 0 Å². The van der Waals surface area contributed by atoms with E-state index in [1.807, 2.05) is 6.92 Å². The fraction of sp³-hybridized carbons (Fsp3) is 0.385. The highest BCUT2D eigenvalue weighted by atomic mass is 35.5. The maximum atomic E-state index is 13.2. The molecule has 1 atom stereocenters. The predicted molar refractivity (Wildman–Crippen MR) is 131 cm³/mol. The van der Waals surface area contributed by atoms with Crippen LogP contribution in [0, 0.1) is 0 Å². The Morgan fingerprint density at radius 1 is 1.03 bits per heavy atom. The number of hydrogen-bond donors (Lipinski definition) is 1. The van der Waals surface area contributed by atoms with Gasteiger partial charge in [0, 0.05) is 12.6 Å². The van der Waals surface area contributed by atoms with Gasteiger partial charge in [-0.1, -0.05) is 43.5 Å². The summed E-state index contributed by atoms with van der Waals surface area (Å²) in [5, 5.41) is 11.6. The molecular formula is C26H30ClNO6. The lowest BCUT2D eigenvalue weighted by atomic mass is 9.94. The number of halogens is 1. The SMILES string of the molecule is CCCCCN1C(=O)C(=O)/C(=C(/O)c2cc(Cl)c(OC)cc2OC)C1c1ccc(OCC)cc1. The van der Waals surface area contributed by atoms with Crippen LogP contribution in [0.1, 0.15) is 50.3 Å². The molecule has 182 valence electrons. The van der Waals surface area contributed by atoms with E-state index in [1.165, 1.54) is 31.3 Å². The van der Waals surface area contributed by atoms with E-state index in [0.29, 0.717) is 30.2 Å². The van der Waals surface area contributed by atoms with Crippen LogP contribution in [0.4, 0.5) is 0 Å². The zero-order valence-electron chi connectivity index (χ0n) is 19.9. The normalized spacial score (nSPS) is 17.2. The van der Waals surface area contributed by atoms with Crippen LogP contribution in [-0.2, 0) is 9.59 Å². The number of hydrogen-bond acceptors (Lipinski definition) is 6. The van der Waals surface area contributed by atoms with Gasteiger partial charge in [0.25, 0.3) is 11.7 Å². The molecule has 1 fully saturated rings. The van der Waals surface area contributed by atoms with Gasteiger partial charge in [-0.05, 0) is 37.1 Å². The van der Waals surface area contributed by atoms with Crippen molar-refractivity contribution < 1.29 is 28.9 Å². The van der Waals surface area contributed by atoms with Crippen molar-refractivity contribution >= 4 is 29.1 Å². The molecule has 1 saturated heterocycles. The highest BCUT2D eigenvalue weighted by molar-refractivity contribution is 6.46. The molecule has 0 saturated carbocycles. The third-order valence-electron chi connectivity index (χ3n) is 5.78. The first kappa shape index (κ1) is 25.4. The van der Waals surface area contributed by atoms with Crippen LogP contribution in [0.3, 0.4) is 0 Å². The molecule has 2 aromatic carbocycles. The standard InChI is InChI=1S/C26H30ClNO6/c1-5-7-8-13-28-23(16-9-11-17(12-10-16)34-6-2)22(25(30)26(28)31)24(29)18-14-19(27)21(33-4)15-20(18)32-3/h9-12,14-15,23,29H,5-8,13H2,1-4H3/b24-22+. The van der Waals surface area contributed by atoms with E-state index in [2.05, 4.69) is 6.92 Å². The molecule has 2 aromatic rings. The minimum absolute atomic E-state index is 0.00908. The molecule has 1 aliphatic rings. The van der Waals surface area contributed by atoms with Crippen LogP contribution in [0.5, 0.6) is 17.2 Å². The van der Waals surface area contributed by atoms with E-state index in [4.69, 9.17) is 25.8 Å². The van der Waals surface area contributed by atoms with E-state index in [0.717, 1.165) is 19.3 Å².